The standard InChI is InChI=1S/C48H56O2/c1(3-5-7-9-11-13-23-33-49-37-47-43-29-19-15-25-39(43)35-40-26-16-20-30-44(40)47)2-4-6-8-10-12-14-24-34-50-38-48-45-31-21-17-27-41(45)36-42-28-18-22-32-46(42)48/h1-2,15-22,25-32,35-36H,3-14,23-24,33-34,37-38H2/b2-1+. The summed E-state index contributed by atoms with van der Waals surface area (Å²) < 4.78 is 12.4. The first kappa shape index (κ1) is 35.8. The van der Waals surface area contributed by atoms with E-state index >= 15 is 0 Å². The van der Waals surface area contributed by atoms with Gasteiger partial charge in [-0.3, -0.25) is 0 Å². The van der Waals surface area contributed by atoms with Gasteiger partial charge in [-0.05, 0) is 105 Å². The molecule has 0 aliphatic heterocycles. The Balaban J connectivity index is 0.730. The third kappa shape index (κ3) is 10.3. The number of allylic oxidation sites excluding steroid dienone is 2. The van der Waals surface area contributed by atoms with Crippen molar-refractivity contribution in [3.63, 3.8) is 0 Å². The summed E-state index contributed by atoms with van der Waals surface area (Å²) in [5.41, 5.74) is 2.65. The molecule has 0 aliphatic carbocycles. The molecule has 6 aromatic rings. The van der Waals surface area contributed by atoms with E-state index in [-0.39, 0.29) is 0 Å². The number of ether oxygens (including phenoxy) is 2. The minimum absolute atomic E-state index is 0.690. The number of rotatable bonds is 22. The van der Waals surface area contributed by atoms with E-state index < -0.39 is 0 Å². The maximum Gasteiger partial charge on any atom is 0.0728 e. The van der Waals surface area contributed by atoms with Crippen molar-refractivity contribution >= 4 is 43.1 Å². The minimum Gasteiger partial charge on any atom is -0.377 e. The van der Waals surface area contributed by atoms with Gasteiger partial charge in [0.15, 0.2) is 0 Å². The fraction of sp³-hybridized carbons (Fsp3) is 0.375. The third-order valence-corrected chi connectivity index (χ3v) is 10.2. The second kappa shape index (κ2) is 20.0. The molecule has 0 amide bonds. The molecule has 6 aromatic carbocycles. The molecule has 0 saturated heterocycles. The Kier molecular flexibility index (Phi) is 14.3. The van der Waals surface area contributed by atoms with Crippen LogP contribution in [0.2, 0.25) is 0 Å². The maximum atomic E-state index is 6.19. The average molecular weight is 665 g/mol. The molecule has 0 aromatic heterocycles. The summed E-state index contributed by atoms with van der Waals surface area (Å²) in [5.74, 6) is 0. The van der Waals surface area contributed by atoms with Crippen LogP contribution in [-0.2, 0) is 22.7 Å². The van der Waals surface area contributed by atoms with Gasteiger partial charge in [-0.15, -0.1) is 0 Å². The second-order valence-electron chi connectivity index (χ2n) is 14.0. The minimum atomic E-state index is 0.690. The van der Waals surface area contributed by atoms with Gasteiger partial charge in [0.25, 0.3) is 0 Å². The van der Waals surface area contributed by atoms with E-state index in [9.17, 15) is 0 Å². The van der Waals surface area contributed by atoms with Crippen LogP contribution in [0.1, 0.15) is 101 Å². The van der Waals surface area contributed by atoms with Crippen molar-refractivity contribution in [3.05, 3.63) is 132 Å². The van der Waals surface area contributed by atoms with Crippen LogP contribution in [-0.4, -0.2) is 13.2 Å². The zero-order valence-corrected chi connectivity index (χ0v) is 30.1. The molecule has 6 rings (SSSR count). The van der Waals surface area contributed by atoms with E-state index in [1.54, 1.807) is 0 Å². The van der Waals surface area contributed by atoms with Crippen molar-refractivity contribution in [1.29, 1.82) is 0 Å². The van der Waals surface area contributed by atoms with E-state index in [1.165, 1.54) is 131 Å². The van der Waals surface area contributed by atoms with Crippen molar-refractivity contribution in [3.8, 4) is 0 Å². The fourth-order valence-corrected chi connectivity index (χ4v) is 7.46. The van der Waals surface area contributed by atoms with Crippen molar-refractivity contribution in [2.24, 2.45) is 0 Å². The highest BCUT2D eigenvalue weighted by Gasteiger charge is 2.09. The SMILES string of the molecule is C(=C\CCCCCCCCOCc1c2ccccc2cc2ccccc12)/CCCCCCCCOCc1c2ccccc2cc2ccccc12. The van der Waals surface area contributed by atoms with Crippen LogP contribution < -0.4 is 0 Å². The van der Waals surface area contributed by atoms with Crippen molar-refractivity contribution in [1.82, 2.24) is 0 Å². The summed E-state index contributed by atoms with van der Waals surface area (Å²) in [5, 5.41) is 10.5. The van der Waals surface area contributed by atoms with Gasteiger partial charge in [0.1, 0.15) is 0 Å². The topological polar surface area (TPSA) is 18.5 Å². The number of fused-ring (bicyclic) bond motifs is 4. The quantitative estimate of drug-likeness (QED) is 0.0408. The smallest absolute Gasteiger partial charge is 0.0728 e. The Morgan fingerprint density at radius 1 is 0.340 bits per heavy atom. The van der Waals surface area contributed by atoms with Crippen LogP contribution in [0.5, 0.6) is 0 Å². The molecule has 0 heterocycles. The summed E-state index contributed by atoms with van der Waals surface area (Å²) in [4.78, 5) is 0. The fourth-order valence-electron chi connectivity index (χ4n) is 7.46. The molecule has 0 radical (unpaired) electrons. The molecule has 0 fully saturated rings. The molecule has 0 N–H and O–H groups in total. The Morgan fingerprint density at radius 3 is 1.00 bits per heavy atom. The largest absolute Gasteiger partial charge is 0.377 e. The highest BCUT2D eigenvalue weighted by Crippen LogP contribution is 2.30. The first-order chi connectivity index (χ1) is 24.9. The highest BCUT2D eigenvalue weighted by atomic mass is 16.5. The van der Waals surface area contributed by atoms with E-state index in [4.69, 9.17) is 9.47 Å². The predicted octanol–water partition coefficient (Wildman–Crippen LogP) is 14.1. The van der Waals surface area contributed by atoms with Gasteiger partial charge in [-0.2, -0.15) is 0 Å². The molecule has 0 spiro atoms. The summed E-state index contributed by atoms with van der Waals surface area (Å²) >= 11 is 0. The molecule has 0 aliphatic rings. The number of benzene rings is 6. The average Bonchev–Trinajstić information content (AvgIpc) is 3.16. The van der Waals surface area contributed by atoms with Gasteiger partial charge >= 0.3 is 0 Å². The Morgan fingerprint density at radius 2 is 0.640 bits per heavy atom. The Labute approximate surface area is 300 Å². The Hall–Kier alpha value is -3.98. The second-order valence-corrected chi connectivity index (χ2v) is 14.0. The molecule has 0 atom stereocenters. The molecule has 0 unspecified atom stereocenters. The van der Waals surface area contributed by atoms with Crippen molar-refractivity contribution < 1.29 is 9.47 Å². The van der Waals surface area contributed by atoms with E-state index in [2.05, 4.69) is 121 Å². The molecule has 0 bridgehead atoms. The van der Waals surface area contributed by atoms with Crippen molar-refractivity contribution in [2.45, 2.75) is 103 Å². The summed E-state index contributed by atoms with van der Waals surface area (Å²) in [6, 6.07) is 39.3. The molecular formula is C48H56O2. The maximum absolute atomic E-state index is 6.19. The lowest BCUT2D eigenvalue weighted by Gasteiger charge is -2.12. The van der Waals surface area contributed by atoms with Gasteiger partial charge in [-0.1, -0.05) is 161 Å². The van der Waals surface area contributed by atoms with Gasteiger partial charge in [0.05, 0.1) is 13.2 Å². The number of unbranched alkanes of at least 4 members (excludes halogenated alkanes) is 12. The molecule has 2 heteroatoms. The highest BCUT2D eigenvalue weighted by molar-refractivity contribution is 6.03. The number of hydrogen-bond acceptors (Lipinski definition) is 2. The summed E-state index contributed by atoms with van der Waals surface area (Å²) in [7, 11) is 0. The monoisotopic (exact) mass is 664 g/mol. The zero-order chi connectivity index (χ0) is 34.1. The zero-order valence-electron chi connectivity index (χ0n) is 30.1. The van der Waals surface area contributed by atoms with Crippen molar-refractivity contribution in [2.75, 3.05) is 13.2 Å². The van der Waals surface area contributed by atoms with E-state index in [0.717, 1.165) is 26.1 Å². The van der Waals surface area contributed by atoms with Gasteiger partial charge in [0, 0.05) is 13.2 Å². The third-order valence-electron chi connectivity index (χ3n) is 10.2. The van der Waals surface area contributed by atoms with E-state index in [0.29, 0.717) is 13.2 Å². The van der Waals surface area contributed by atoms with Crippen LogP contribution in [0, 0.1) is 0 Å². The first-order valence-corrected chi connectivity index (χ1v) is 19.5. The predicted molar refractivity (Wildman–Crippen MR) is 216 cm³/mol. The lowest BCUT2D eigenvalue weighted by atomic mass is 9.97. The molecule has 260 valence electrons. The molecule has 2 nitrogen and oxygen atoms in total. The summed E-state index contributed by atoms with van der Waals surface area (Å²) in [6.07, 6.45) is 22.8. The Bertz CT molecular complexity index is 1690. The van der Waals surface area contributed by atoms with Crippen LogP contribution in [0.25, 0.3) is 43.1 Å². The van der Waals surface area contributed by atoms with Gasteiger partial charge in [-0.25, -0.2) is 0 Å². The number of hydrogen-bond donors (Lipinski definition) is 0. The normalized spacial score (nSPS) is 11.9. The lowest BCUT2D eigenvalue weighted by molar-refractivity contribution is 0.118. The first-order valence-electron chi connectivity index (χ1n) is 19.5. The van der Waals surface area contributed by atoms with Crippen LogP contribution in [0.4, 0.5) is 0 Å². The van der Waals surface area contributed by atoms with Crippen LogP contribution >= 0.6 is 0 Å². The van der Waals surface area contributed by atoms with Gasteiger partial charge < -0.3 is 9.47 Å². The van der Waals surface area contributed by atoms with Gasteiger partial charge in [0.2, 0.25) is 0 Å². The molecule has 50 heavy (non-hydrogen) atoms. The van der Waals surface area contributed by atoms with Crippen LogP contribution in [0.3, 0.4) is 0 Å². The van der Waals surface area contributed by atoms with Crippen LogP contribution in [0.15, 0.2) is 121 Å². The lowest BCUT2D eigenvalue weighted by Crippen LogP contribution is -1.98. The summed E-state index contributed by atoms with van der Waals surface area (Å²) in [6.45, 7) is 3.07. The molecule has 0 saturated carbocycles. The molecular weight excluding hydrogens is 609 g/mol. The van der Waals surface area contributed by atoms with E-state index in [1.807, 2.05) is 0 Å².